The van der Waals surface area contributed by atoms with Gasteiger partial charge in [-0.05, 0) is 61.7 Å². The van der Waals surface area contributed by atoms with Crippen LogP contribution >= 0.6 is 0 Å². The van der Waals surface area contributed by atoms with E-state index >= 15 is 0 Å². The molecule has 1 saturated carbocycles. The van der Waals surface area contributed by atoms with Crippen molar-refractivity contribution in [1.29, 1.82) is 5.41 Å². The van der Waals surface area contributed by atoms with E-state index < -0.39 is 17.9 Å². The molecule has 2 aromatic carbocycles. The first-order valence-electron chi connectivity index (χ1n) is 11.3. The van der Waals surface area contributed by atoms with Crippen molar-refractivity contribution in [3.05, 3.63) is 59.7 Å². The highest BCUT2D eigenvalue weighted by Gasteiger charge is 2.20. The third-order valence-electron chi connectivity index (χ3n) is 5.66. The maximum absolute atomic E-state index is 12.4. The summed E-state index contributed by atoms with van der Waals surface area (Å²) in [6, 6.07) is 13.1. The van der Waals surface area contributed by atoms with Gasteiger partial charge in [-0.2, -0.15) is 0 Å². The molecule has 1 aliphatic rings. The van der Waals surface area contributed by atoms with Crippen LogP contribution in [-0.4, -0.2) is 36.5 Å². The van der Waals surface area contributed by atoms with Crippen molar-refractivity contribution < 1.29 is 23.9 Å². The van der Waals surface area contributed by atoms with Crippen LogP contribution in [0.2, 0.25) is 0 Å². The largest absolute Gasteiger partial charge is 0.455 e. The van der Waals surface area contributed by atoms with Crippen molar-refractivity contribution in [3.63, 3.8) is 0 Å². The molecule has 0 spiro atoms. The topological polar surface area (TPSA) is 144 Å². The van der Waals surface area contributed by atoms with Crippen LogP contribution in [0.3, 0.4) is 0 Å². The first-order valence-corrected chi connectivity index (χ1v) is 11.3. The summed E-state index contributed by atoms with van der Waals surface area (Å²) in [5.74, 6) is -1.77. The third kappa shape index (κ3) is 7.33. The smallest absolute Gasteiger partial charge is 0.343 e. The molecule has 0 aromatic heterocycles. The highest BCUT2D eigenvalue weighted by molar-refractivity contribution is 5.93. The lowest BCUT2D eigenvalue weighted by Crippen LogP contribution is -2.39. The van der Waals surface area contributed by atoms with E-state index in [1.54, 1.807) is 55.5 Å². The van der Waals surface area contributed by atoms with E-state index in [1.165, 1.54) is 6.42 Å². The first-order chi connectivity index (χ1) is 16.3. The second-order valence-electron chi connectivity index (χ2n) is 8.31. The molecule has 0 radical (unpaired) electrons. The summed E-state index contributed by atoms with van der Waals surface area (Å²) < 4.78 is 10.6. The van der Waals surface area contributed by atoms with Crippen LogP contribution in [0.1, 0.15) is 60.9 Å². The molecular formula is C25H30N4O5. The zero-order valence-corrected chi connectivity index (χ0v) is 19.1. The maximum atomic E-state index is 12.4. The van der Waals surface area contributed by atoms with Crippen LogP contribution in [0, 0.1) is 5.41 Å². The summed E-state index contributed by atoms with van der Waals surface area (Å²) in [4.78, 5) is 36.8. The fraction of sp³-hybridized carbons (Fsp3) is 0.360. The zero-order valence-electron chi connectivity index (χ0n) is 19.1. The van der Waals surface area contributed by atoms with Gasteiger partial charge in [0.1, 0.15) is 5.75 Å². The van der Waals surface area contributed by atoms with E-state index in [0.29, 0.717) is 22.6 Å². The number of guanidine groups is 1. The van der Waals surface area contributed by atoms with E-state index in [1.807, 2.05) is 0 Å². The Hall–Kier alpha value is -3.88. The fourth-order valence-electron chi connectivity index (χ4n) is 3.75. The minimum atomic E-state index is -0.575. The fourth-order valence-corrected chi connectivity index (χ4v) is 3.75. The highest BCUT2D eigenvalue weighted by Crippen LogP contribution is 2.22. The van der Waals surface area contributed by atoms with Crippen molar-refractivity contribution in [2.45, 2.75) is 51.0 Å². The molecular weight excluding hydrogens is 436 g/mol. The van der Waals surface area contributed by atoms with Gasteiger partial charge in [0.25, 0.3) is 5.91 Å². The molecule has 0 bridgehead atoms. The molecule has 9 nitrogen and oxygen atoms in total. The Morgan fingerprint density at radius 2 is 1.68 bits per heavy atom. The number of rotatable bonds is 8. The molecule has 1 atom stereocenters. The minimum Gasteiger partial charge on any atom is -0.455 e. The van der Waals surface area contributed by atoms with Gasteiger partial charge in [-0.1, -0.05) is 31.4 Å². The summed E-state index contributed by atoms with van der Waals surface area (Å²) in [7, 11) is 0. The molecule has 1 aliphatic carbocycles. The number of nitrogens with one attached hydrogen (secondary N) is 3. The minimum absolute atomic E-state index is 0.169. The lowest BCUT2D eigenvalue weighted by Gasteiger charge is -2.22. The molecule has 1 unspecified atom stereocenters. The average molecular weight is 467 g/mol. The van der Waals surface area contributed by atoms with Crippen molar-refractivity contribution in [2.75, 3.05) is 11.9 Å². The Bertz CT molecular complexity index is 1010. The van der Waals surface area contributed by atoms with Gasteiger partial charge < -0.3 is 25.8 Å². The molecule has 1 fully saturated rings. The molecule has 34 heavy (non-hydrogen) atoms. The number of carbonyl (C=O) groups is 3. The molecule has 9 heteroatoms. The summed E-state index contributed by atoms with van der Waals surface area (Å²) in [5, 5.41) is 12.8. The zero-order chi connectivity index (χ0) is 24.5. The predicted octanol–water partition coefficient (Wildman–Crippen LogP) is 3.31. The van der Waals surface area contributed by atoms with E-state index in [4.69, 9.17) is 20.6 Å². The van der Waals surface area contributed by atoms with E-state index in [9.17, 15) is 14.4 Å². The van der Waals surface area contributed by atoms with Crippen molar-refractivity contribution in [1.82, 2.24) is 5.32 Å². The standard InChI is InChI=1S/C25H30N4O5/c1-16(23(31)33-15-22(30)28-19-5-3-2-4-6-19)17-9-13-21(14-10-17)34-24(32)18-7-11-20(12-8-18)29-25(26)27/h7-14,16,19H,2-6,15H2,1H3,(H,28,30)(H4,26,27,29). The Balaban J connectivity index is 1.47. The molecule has 0 heterocycles. The number of esters is 2. The van der Waals surface area contributed by atoms with Gasteiger partial charge in [0.05, 0.1) is 11.5 Å². The number of nitrogens with two attached hydrogens (primary N) is 1. The Kier molecular flexibility index (Phi) is 8.61. The van der Waals surface area contributed by atoms with Crippen molar-refractivity contribution in [3.8, 4) is 5.75 Å². The predicted molar refractivity (Wildman–Crippen MR) is 128 cm³/mol. The van der Waals surface area contributed by atoms with Crippen LogP contribution in [0.15, 0.2) is 48.5 Å². The van der Waals surface area contributed by atoms with Crippen LogP contribution in [-0.2, 0) is 14.3 Å². The molecule has 180 valence electrons. The second-order valence-corrected chi connectivity index (χ2v) is 8.31. The lowest BCUT2D eigenvalue weighted by atomic mass is 9.95. The monoisotopic (exact) mass is 466 g/mol. The van der Waals surface area contributed by atoms with Crippen LogP contribution < -0.4 is 21.1 Å². The third-order valence-corrected chi connectivity index (χ3v) is 5.66. The number of anilines is 1. The van der Waals surface area contributed by atoms with Gasteiger partial charge in [-0.15, -0.1) is 0 Å². The number of ether oxygens (including phenoxy) is 2. The Labute approximate surface area is 198 Å². The Morgan fingerprint density at radius 3 is 2.29 bits per heavy atom. The van der Waals surface area contributed by atoms with E-state index in [0.717, 1.165) is 25.7 Å². The lowest BCUT2D eigenvalue weighted by molar-refractivity contribution is -0.149. The van der Waals surface area contributed by atoms with E-state index in [2.05, 4.69) is 10.6 Å². The van der Waals surface area contributed by atoms with Gasteiger partial charge in [-0.25, -0.2) is 4.79 Å². The molecule has 0 saturated heterocycles. The van der Waals surface area contributed by atoms with Crippen LogP contribution in [0.25, 0.3) is 0 Å². The van der Waals surface area contributed by atoms with Crippen LogP contribution in [0.5, 0.6) is 5.75 Å². The second kappa shape index (κ2) is 11.8. The number of benzene rings is 2. The normalized spacial score (nSPS) is 14.5. The quantitative estimate of drug-likeness (QED) is 0.202. The number of hydrogen-bond donors (Lipinski definition) is 4. The number of amides is 1. The molecule has 3 rings (SSSR count). The molecule has 0 aliphatic heterocycles. The number of carbonyl (C=O) groups excluding carboxylic acids is 3. The number of hydrogen-bond acceptors (Lipinski definition) is 6. The first kappa shape index (κ1) is 24.8. The van der Waals surface area contributed by atoms with Gasteiger partial charge in [0.15, 0.2) is 12.6 Å². The van der Waals surface area contributed by atoms with Crippen molar-refractivity contribution in [2.24, 2.45) is 5.73 Å². The van der Waals surface area contributed by atoms with Gasteiger partial charge in [0.2, 0.25) is 0 Å². The summed E-state index contributed by atoms with van der Waals surface area (Å²) in [6.07, 6.45) is 5.35. The highest BCUT2D eigenvalue weighted by atomic mass is 16.5. The van der Waals surface area contributed by atoms with E-state index in [-0.39, 0.29) is 24.5 Å². The van der Waals surface area contributed by atoms with Gasteiger partial charge in [-0.3, -0.25) is 15.0 Å². The van der Waals surface area contributed by atoms with Gasteiger partial charge >= 0.3 is 11.9 Å². The van der Waals surface area contributed by atoms with Crippen LogP contribution in [0.4, 0.5) is 5.69 Å². The van der Waals surface area contributed by atoms with Crippen molar-refractivity contribution >= 4 is 29.5 Å². The summed E-state index contributed by atoms with van der Waals surface area (Å²) >= 11 is 0. The average Bonchev–Trinajstić information content (AvgIpc) is 2.83. The molecule has 2 aromatic rings. The SMILES string of the molecule is CC(C(=O)OCC(=O)NC1CCCCC1)c1ccc(OC(=O)c2ccc(NC(=N)N)cc2)cc1. The molecule has 5 N–H and O–H groups in total. The maximum Gasteiger partial charge on any atom is 0.343 e. The van der Waals surface area contributed by atoms with Gasteiger partial charge in [0, 0.05) is 11.7 Å². The molecule has 1 amide bonds. The summed E-state index contributed by atoms with van der Waals surface area (Å²) in [5.41, 5.74) is 6.87. The Morgan fingerprint density at radius 1 is 1.03 bits per heavy atom. The summed E-state index contributed by atoms with van der Waals surface area (Å²) in [6.45, 7) is 1.40.